The van der Waals surface area contributed by atoms with Crippen molar-refractivity contribution in [2.75, 3.05) is 12.8 Å². The molecule has 0 aliphatic heterocycles. The van der Waals surface area contributed by atoms with Crippen LogP contribution in [0, 0.1) is 0 Å². The molecule has 0 bridgehead atoms. The number of phenols is 2. The second-order valence-corrected chi connectivity index (χ2v) is 7.14. The van der Waals surface area contributed by atoms with Crippen molar-refractivity contribution in [2.24, 2.45) is 0 Å². The Morgan fingerprint density at radius 2 is 1.72 bits per heavy atom. The van der Waals surface area contributed by atoms with Gasteiger partial charge >= 0.3 is 5.97 Å². The molecule has 3 aromatic rings. The number of nitrogen functional groups attached to an aromatic ring is 1. The van der Waals surface area contributed by atoms with Crippen LogP contribution in [0.15, 0.2) is 54.6 Å². The maximum absolute atomic E-state index is 12.1. The number of halogens is 1. The lowest BCUT2D eigenvalue weighted by atomic mass is 9.93. The van der Waals surface area contributed by atoms with Crippen LogP contribution in [0.25, 0.3) is 0 Å². The van der Waals surface area contributed by atoms with Gasteiger partial charge in [-0.25, -0.2) is 4.79 Å². The molecule has 0 heterocycles. The maximum atomic E-state index is 12.1. The van der Waals surface area contributed by atoms with E-state index in [9.17, 15) is 15.0 Å². The SMILES string of the molecule is COC(=O)c1c(O)cc(O)c(Cl)c1CCc1ccc(N)cc1Cc1ccccc1. The van der Waals surface area contributed by atoms with E-state index in [4.69, 9.17) is 22.1 Å². The van der Waals surface area contributed by atoms with E-state index in [-0.39, 0.29) is 22.1 Å². The predicted octanol–water partition coefficient (Wildman–Crippen LogP) is 4.50. The lowest BCUT2D eigenvalue weighted by Crippen LogP contribution is -2.09. The summed E-state index contributed by atoms with van der Waals surface area (Å²) in [5.41, 5.74) is 10.2. The van der Waals surface area contributed by atoms with E-state index in [1.165, 1.54) is 7.11 Å². The topological polar surface area (TPSA) is 92.8 Å². The van der Waals surface area contributed by atoms with Gasteiger partial charge in [-0.3, -0.25) is 0 Å². The normalized spacial score (nSPS) is 10.7. The summed E-state index contributed by atoms with van der Waals surface area (Å²) in [6, 6.07) is 16.8. The van der Waals surface area contributed by atoms with E-state index in [0.29, 0.717) is 30.5 Å². The maximum Gasteiger partial charge on any atom is 0.341 e. The molecule has 0 spiro atoms. The van der Waals surface area contributed by atoms with Crippen molar-refractivity contribution in [3.8, 4) is 11.5 Å². The van der Waals surface area contributed by atoms with Gasteiger partial charge in [0.1, 0.15) is 17.1 Å². The minimum Gasteiger partial charge on any atom is -0.507 e. The molecule has 0 aliphatic rings. The number of rotatable bonds is 6. The van der Waals surface area contributed by atoms with Crippen LogP contribution in [-0.2, 0) is 24.0 Å². The number of nitrogens with two attached hydrogens (primary N) is 1. The lowest BCUT2D eigenvalue weighted by molar-refractivity contribution is 0.0596. The molecular formula is C23H22ClNO4. The summed E-state index contributed by atoms with van der Waals surface area (Å²) in [6.45, 7) is 0. The Kier molecular flexibility index (Phi) is 6.29. The first kappa shape index (κ1) is 20.6. The third kappa shape index (κ3) is 4.63. The molecule has 29 heavy (non-hydrogen) atoms. The molecule has 0 aromatic heterocycles. The first-order valence-corrected chi connectivity index (χ1v) is 9.51. The second-order valence-electron chi connectivity index (χ2n) is 6.76. The molecule has 3 rings (SSSR count). The lowest BCUT2D eigenvalue weighted by Gasteiger charge is -2.15. The summed E-state index contributed by atoms with van der Waals surface area (Å²) in [6.07, 6.45) is 1.58. The quantitative estimate of drug-likeness (QED) is 0.410. The zero-order chi connectivity index (χ0) is 21.0. The molecule has 0 saturated carbocycles. The minimum atomic E-state index is -0.707. The van der Waals surface area contributed by atoms with Crippen LogP contribution in [-0.4, -0.2) is 23.3 Å². The van der Waals surface area contributed by atoms with Gasteiger partial charge in [0.15, 0.2) is 0 Å². The fourth-order valence-electron chi connectivity index (χ4n) is 3.38. The van der Waals surface area contributed by atoms with Crippen LogP contribution in [0.1, 0.15) is 32.6 Å². The number of phenolic OH excluding ortho intramolecular Hbond substituents is 2. The molecule has 0 aliphatic carbocycles. The van der Waals surface area contributed by atoms with Crippen LogP contribution in [0.4, 0.5) is 5.69 Å². The average Bonchev–Trinajstić information content (AvgIpc) is 2.71. The van der Waals surface area contributed by atoms with Gasteiger partial charge in [0.05, 0.1) is 12.1 Å². The van der Waals surface area contributed by atoms with Crippen molar-refractivity contribution >= 4 is 23.3 Å². The highest BCUT2D eigenvalue weighted by Crippen LogP contribution is 2.37. The molecule has 5 nitrogen and oxygen atoms in total. The largest absolute Gasteiger partial charge is 0.507 e. The Morgan fingerprint density at radius 1 is 1.00 bits per heavy atom. The smallest absolute Gasteiger partial charge is 0.341 e. The van der Waals surface area contributed by atoms with Crippen molar-refractivity contribution in [3.63, 3.8) is 0 Å². The Labute approximate surface area is 174 Å². The summed E-state index contributed by atoms with van der Waals surface area (Å²) in [7, 11) is 1.23. The molecule has 0 saturated heterocycles. The molecule has 0 radical (unpaired) electrons. The second kappa shape index (κ2) is 8.88. The molecular weight excluding hydrogens is 390 g/mol. The Bertz CT molecular complexity index is 1030. The van der Waals surface area contributed by atoms with Crippen LogP contribution in [0.2, 0.25) is 5.02 Å². The number of ether oxygens (including phenoxy) is 1. The third-order valence-corrected chi connectivity index (χ3v) is 5.24. The first-order chi connectivity index (χ1) is 13.9. The zero-order valence-electron chi connectivity index (χ0n) is 16.0. The minimum absolute atomic E-state index is 0.0308. The zero-order valence-corrected chi connectivity index (χ0v) is 16.7. The number of hydrogen-bond acceptors (Lipinski definition) is 5. The Morgan fingerprint density at radius 3 is 2.41 bits per heavy atom. The summed E-state index contributed by atoms with van der Waals surface area (Å²) < 4.78 is 4.77. The van der Waals surface area contributed by atoms with E-state index in [2.05, 4.69) is 0 Å². The summed E-state index contributed by atoms with van der Waals surface area (Å²) >= 11 is 6.24. The number of anilines is 1. The molecule has 0 unspecified atom stereocenters. The van der Waals surface area contributed by atoms with Gasteiger partial charge in [-0.1, -0.05) is 48.0 Å². The van der Waals surface area contributed by atoms with Crippen molar-refractivity contribution < 1.29 is 19.7 Å². The average molecular weight is 412 g/mol. The van der Waals surface area contributed by atoms with E-state index >= 15 is 0 Å². The monoisotopic (exact) mass is 411 g/mol. The first-order valence-electron chi connectivity index (χ1n) is 9.13. The van der Waals surface area contributed by atoms with Crippen molar-refractivity contribution in [1.82, 2.24) is 0 Å². The van der Waals surface area contributed by atoms with E-state index < -0.39 is 5.97 Å². The highest BCUT2D eigenvalue weighted by Gasteiger charge is 2.23. The number of benzene rings is 3. The number of hydrogen-bond donors (Lipinski definition) is 3. The predicted molar refractivity (Wildman–Crippen MR) is 114 cm³/mol. The van der Waals surface area contributed by atoms with E-state index in [0.717, 1.165) is 22.8 Å². The third-order valence-electron chi connectivity index (χ3n) is 4.82. The van der Waals surface area contributed by atoms with Gasteiger partial charge in [-0.05, 0) is 53.6 Å². The molecule has 3 aromatic carbocycles. The highest BCUT2D eigenvalue weighted by atomic mass is 35.5. The Hall–Kier alpha value is -3.18. The van der Waals surface area contributed by atoms with Gasteiger partial charge < -0.3 is 20.7 Å². The molecule has 0 fully saturated rings. The Balaban J connectivity index is 1.94. The van der Waals surface area contributed by atoms with Crippen LogP contribution < -0.4 is 5.73 Å². The van der Waals surface area contributed by atoms with Crippen molar-refractivity contribution in [1.29, 1.82) is 0 Å². The van der Waals surface area contributed by atoms with Crippen LogP contribution >= 0.6 is 11.6 Å². The van der Waals surface area contributed by atoms with Gasteiger partial charge in [-0.2, -0.15) is 0 Å². The fraction of sp³-hybridized carbons (Fsp3) is 0.174. The number of carbonyl (C=O) groups is 1. The van der Waals surface area contributed by atoms with Gasteiger partial charge in [0.25, 0.3) is 0 Å². The molecule has 0 atom stereocenters. The highest BCUT2D eigenvalue weighted by molar-refractivity contribution is 6.33. The standard InChI is InChI=1S/C23H22ClNO4/c1-29-23(28)21-18(22(24)20(27)13-19(21)26)10-8-15-7-9-17(25)12-16(15)11-14-5-3-2-4-6-14/h2-7,9,12-13,26-27H,8,10-11,25H2,1H3. The number of aromatic hydroxyl groups is 2. The van der Waals surface area contributed by atoms with Crippen molar-refractivity contribution in [2.45, 2.75) is 19.3 Å². The molecule has 6 heteroatoms. The van der Waals surface area contributed by atoms with Gasteiger partial charge in [0, 0.05) is 11.8 Å². The van der Waals surface area contributed by atoms with E-state index in [1.807, 2.05) is 48.5 Å². The van der Waals surface area contributed by atoms with Gasteiger partial charge in [-0.15, -0.1) is 0 Å². The molecule has 4 N–H and O–H groups in total. The molecule has 0 amide bonds. The van der Waals surface area contributed by atoms with Crippen LogP contribution in [0.5, 0.6) is 11.5 Å². The van der Waals surface area contributed by atoms with Crippen LogP contribution in [0.3, 0.4) is 0 Å². The summed E-state index contributed by atoms with van der Waals surface area (Å²) in [5.74, 6) is -1.36. The summed E-state index contributed by atoms with van der Waals surface area (Å²) in [5, 5.41) is 20.2. The number of esters is 1. The van der Waals surface area contributed by atoms with Gasteiger partial charge in [0.2, 0.25) is 0 Å². The molecule has 150 valence electrons. The van der Waals surface area contributed by atoms with E-state index in [1.54, 1.807) is 0 Å². The fourth-order valence-corrected chi connectivity index (χ4v) is 3.62. The summed E-state index contributed by atoms with van der Waals surface area (Å²) in [4.78, 5) is 12.1. The van der Waals surface area contributed by atoms with Crippen molar-refractivity contribution in [3.05, 3.63) is 87.4 Å². The number of methoxy groups -OCH3 is 1. The number of aryl methyl sites for hydroxylation is 1. The number of carbonyl (C=O) groups excluding carboxylic acids is 1.